The van der Waals surface area contributed by atoms with E-state index in [0.717, 1.165) is 36.0 Å². The summed E-state index contributed by atoms with van der Waals surface area (Å²) in [6, 6.07) is 15.3. The van der Waals surface area contributed by atoms with E-state index in [1.165, 1.54) is 0 Å². The minimum absolute atomic E-state index is 0.00545. The van der Waals surface area contributed by atoms with E-state index in [0.29, 0.717) is 11.5 Å². The van der Waals surface area contributed by atoms with E-state index in [1.807, 2.05) is 48.5 Å². The van der Waals surface area contributed by atoms with Crippen LogP contribution in [0.5, 0.6) is 11.5 Å². The summed E-state index contributed by atoms with van der Waals surface area (Å²) in [5.41, 5.74) is 1.92. The molecular weight excluding hydrogens is 475 g/mol. The Morgan fingerprint density at radius 3 is 1.97 bits per heavy atom. The van der Waals surface area contributed by atoms with Crippen LogP contribution in [-0.2, 0) is 24.5 Å². The van der Waals surface area contributed by atoms with Gasteiger partial charge >= 0.3 is 124 Å². The van der Waals surface area contributed by atoms with Crippen LogP contribution in [0.2, 0.25) is 0 Å². The van der Waals surface area contributed by atoms with Crippen LogP contribution >= 0.6 is 0 Å². The predicted octanol–water partition coefficient (Wildman–Crippen LogP) is 2.52. The van der Waals surface area contributed by atoms with Crippen molar-refractivity contribution < 1.29 is 38.7 Å². The van der Waals surface area contributed by atoms with Gasteiger partial charge in [0.25, 0.3) is 0 Å². The number of rotatable bonds is 16. The summed E-state index contributed by atoms with van der Waals surface area (Å²) in [5.74, 6) is 0.633. The van der Waals surface area contributed by atoms with Crippen molar-refractivity contribution in [3.05, 3.63) is 72.3 Å². The van der Waals surface area contributed by atoms with E-state index in [2.05, 4.69) is 20.4 Å². The molecule has 0 aliphatic heterocycles. The molecule has 9 heteroatoms. The fraction of sp³-hybridized carbons (Fsp3) is 0.393. The molecule has 0 aromatic heterocycles. The first-order valence-electron chi connectivity index (χ1n) is 12.1. The van der Waals surface area contributed by atoms with Crippen LogP contribution in [0.3, 0.4) is 0 Å². The Morgan fingerprint density at radius 1 is 0.973 bits per heavy atom. The van der Waals surface area contributed by atoms with Crippen LogP contribution in [0.1, 0.15) is 37.8 Å². The average molecular weight is 509 g/mol. The molecule has 0 saturated carbocycles. The molecule has 0 saturated heterocycles. The Morgan fingerprint density at radius 2 is 1.51 bits per heavy atom. The molecule has 0 fully saturated rings. The molecule has 0 bridgehead atoms. The summed E-state index contributed by atoms with van der Waals surface area (Å²) < 4.78 is 21.1. The molecule has 2 aromatic carbocycles. The van der Waals surface area contributed by atoms with E-state index < -0.39 is 24.1 Å². The third-order valence-corrected chi connectivity index (χ3v) is 5.82. The van der Waals surface area contributed by atoms with Gasteiger partial charge in [0.2, 0.25) is 0 Å². The molecule has 3 atom stereocenters. The van der Waals surface area contributed by atoms with E-state index in [4.69, 9.17) is 26.4 Å². The van der Waals surface area contributed by atoms with Crippen LogP contribution < -0.4 is 9.47 Å². The second-order valence-electron chi connectivity index (χ2n) is 8.65. The Kier molecular flexibility index (Phi) is 12.1. The maximum atomic E-state index is 11.3. The summed E-state index contributed by atoms with van der Waals surface area (Å²) >= 11 is 0. The second-order valence-corrected chi connectivity index (χ2v) is 8.65. The standard InChI is InChI=1S/C28H34BO8/c1-4-14-28(3,20-6-10-23(11-7-20)34-17-22(31)18-36-26(32)5-2)21-8-12-24(13-9-21)35-19-25(16-30)37-27(33)15-29/h5-13,15,22,25,30-31H,2,4,14,16-19H2,1,3H3. The van der Waals surface area contributed by atoms with Crippen molar-refractivity contribution in [2.45, 2.75) is 44.3 Å². The quantitative estimate of drug-likeness (QED) is 0.202. The molecule has 8 nitrogen and oxygen atoms in total. The van der Waals surface area contributed by atoms with Crippen molar-refractivity contribution >= 4 is 25.4 Å². The van der Waals surface area contributed by atoms with Gasteiger partial charge in [-0.05, 0) is 12.1 Å². The van der Waals surface area contributed by atoms with Gasteiger partial charge in [-0.2, -0.15) is 0 Å². The molecule has 197 valence electrons. The number of hydrogen-bond donors (Lipinski definition) is 2. The van der Waals surface area contributed by atoms with E-state index in [-0.39, 0.29) is 31.8 Å². The molecular formula is C28H34BO8. The summed E-state index contributed by atoms with van der Waals surface area (Å²) in [6.07, 6.45) is 1.13. The predicted molar refractivity (Wildman–Crippen MR) is 141 cm³/mol. The Labute approximate surface area is 218 Å². The molecule has 0 amide bonds. The van der Waals surface area contributed by atoms with Crippen LogP contribution in [-0.4, -0.2) is 74.2 Å². The molecule has 3 unspecified atom stereocenters. The first kappa shape index (κ1) is 29.8. The van der Waals surface area contributed by atoms with Gasteiger partial charge in [-0.25, -0.2) is 4.79 Å². The molecule has 0 aliphatic carbocycles. The minimum atomic E-state index is -0.951. The van der Waals surface area contributed by atoms with Gasteiger partial charge in [-0.3, -0.25) is 0 Å². The molecule has 2 aromatic rings. The summed E-state index contributed by atoms with van der Waals surface area (Å²) in [6.45, 7) is 7.03. The first-order valence-corrected chi connectivity index (χ1v) is 12.1. The van der Waals surface area contributed by atoms with Gasteiger partial charge in [-0.1, -0.05) is 32.1 Å². The van der Waals surface area contributed by atoms with Gasteiger partial charge in [0, 0.05) is 6.08 Å². The number of aliphatic hydroxyl groups excluding tert-OH is 2. The normalized spacial score (nSPS) is 13.9. The van der Waals surface area contributed by atoms with Crippen molar-refractivity contribution in [3.8, 4) is 11.5 Å². The number of aliphatic hydroxyl groups is 2. The van der Waals surface area contributed by atoms with Crippen molar-refractivity contribution in [3.63, 3.8) is 0 Å². The first-order chi connectivity index (χ1) is 17.7. The number of carbonyl (C=O) groups excluding carboxylic acids is 2. The third-order valence-electron chi connectivity index (χ3n) is 5.82. The molecule has 0 spiro atoms. The second kappa shape index (κ2) is 15.0. The molecule has 37 heavy (non-hydrogen) atoms. The third kappa shape index (κ3) is 9.19. The Hall–Kier alpha value is -3.43. The zero-order valence-electron chi connectivity index (χ0n) is 21.3. The van der Waals surface area contributed by atoms with Gasteiger partial charge in [0.15, 0.2) is 0 Å². The number of esters is 2. The fourth-order valence-corrected chi connectivity index (χ4v) is 3.79. The number of benzene rings is 2. The number of carbonyl (C=O) groups is 2. The number of ether oxygens (including phenoxy) is 4. The monoisotopic (exact) mass is 509 g/mol. The summed E-state index contributed by atoms with van der Waals surface area (Å²) in [4.78, 5) is 22.4. The molecule has 0 heterocycles. The van der Waals surface area contributed by atoms with Crippen molar-refractivity contribution in [1.82, 2.24) is 0 Å². The van der Waals surface area contributed by atoms with Crippen LogP contribution in [0.15, 0.2) is 61.2 Å². The van der Waals surface area contributed by atoms with Crippen molar-refractivity contribution in [2.24, 2.45) is 0 Å². The SMILES string of the molecule is [B]=CC(=O)OC(CO)COc1ccc(C(C)(CCC)c2ccc(OCC(O)COC(=O)C=C)cc2)cc1. The molecule has 1 radical (unpaired) electrons. The topological polar surface area (TPSA) is 112 Å². The van der Waals surface area contributed by atoms with Crippen LogP contribution in [0.25, 0.3) is 0 Å². The van der Waals surface area contributed by atoms with Gasteiger partial charge in [0.1, 0.15) is 25.1 Å². The molecule has 2 rings (SSSR count). The van der Waals surface area contributed by atoms with E-state index in [1.54, 1.807) is 0 Å². The summed E-state index contributed by atoms with van der Waals surface area (Å²) in [7, 11) is 5.12. The molecule has 2 N–H and O–H groups in total. The molecule has 0 aliphatic rings. The number of hydrogen-bond acceptors (Lipinski definition) is 8. The van der Waals surface area contributed by atoms with Crippen LogP contribution in [0, 0.1) is 0 Å². The Bertz CT molecular complexity index is 1020. The zero-order valence-corrected chi connectivity index (χ0v) is 21.3. The van der Waals surface area contributed by atoms with Gasteiger partial charge < -0.3 is 14.6 Å². The zero-order chi connectivity index (χ0) is 27.3. The Balaban J connectivity index is 2.04. The van der Waals surface area contributed by atoms with E-state index in [9.17, 15) is 19.8 Å². The maximum absolute atomic E-state index is 11.3. The van der Waals surface area contributed by atoms with Gasteiger partial charge in [-0.15, -0.1) is 0 Å². The fourth-order valence-electron chi connectivity index (χ4n) is 3.79. The van der Waals surface area contributed by atoms with Crippen LogP contribution in [0.4, 0.5) is 0 Å². The van der Waals surface area contributed by atoms with Gasteiger partial charge in [0.05, 0.1) is 0 Å². The van der Waals surface area contributed by atoms with E-state index >= 15 is 0 Å². The average Bonchev–Trinajstić information content (AvgIpc) is 2.93. The summed E-state index contributed by atoms with van der Waals surface area (Å²) in [5, 5.41) is 19.3. The van der Waals surface area contributed by atoms with Crippen molar-refractivity contribution in [2.75, 3.05) is 26.4 Å². The van der Waals surface area contributed by atoms with Crippen molar-refractivity contribution in [1.29, 1.82) is 0 Å².